The van der Waals surface area contributed by atoms with Crippen molar-refractivity contribution in [3.8, 4) is 11.5 Å². The van der Waals surface area contributed by atoms with Crippen LogP contribution in [0.1, 0.15) is 134 Å². The summed E-state index contributed by atoms with van der Waals surface area (Å²) in [7, 11) is 0. The summed E-state index contributed by atoms with van der Waals surface area (Å²) < 4.78 is 17.3. The predicted octanol–water partition coefficient (Wildman–Crippen LogP) is 8.36. The van der Waals surface area contributed by atoms with Crippen molar-refractivity contribution < 1.29 is 28.9 Å². The lowest BCUT2D eigenvalue weighted by atomic mass is 9.83. The molecule has 6 nitrogen and oxygen atoms in total. The second kappa shape index (κ2) is 17.1. The van der Waals surface area contributed by atoms with Gasteiger partial charge < -0.3 is 19.3 Å². The lowest BCUT2D eigenvalue weighted by molar-refractivity contribution is -0.147. The summed E-state index contributed by atoms with van der Waals surface area (Å²) in [6.07, 6.45) is 13.2. The predicted molar refractivity (Wildman–Crippen MR) is 166 cm³/mol. The standard InChI is InChI=1S/C35H58O6/c1-24(2)12-9-13-25(3)14-10-15-26(4)16-11-20-35(8)21-19-30-29(7)33(27(5)28(6)34(30)41-35)40-32(38)18-17-31(37)39-23-22-36/h24-26,36H,9-23H2,1-8H3/t25-,26-,35+/m0/s1. The Hall–Kier alpha value is -2.08. The molecule has 0 fully saturated rings. The molecule has 0 spiro atoms. The van der Waals surface area contributed by atoms with E-state index in [0.29, 0.717) is 5.75 Å². The second-order valence-electron chi connectivity index (χ2n) is 13.3. The molecule has 1 aliphatic heterocycles. The van der Waals surface area contributed by atoms with Crippen molar-refractivity contribution in [3.05, 3.63) is 22.3 Å². The minimum absolute atomic E-state index is 0.0633. The zero-order valence-electron chi connectivity index (χ0n) is 27.3. The van der Waals surface area contributed by atoms with Gasteiger partial charge in [0.2, 0.25) is 0 Å². The van der Waals surface area contributed by atoms with Crippen molar-refractivity contribution in [2.24, 2.45) is 17.8 Å². The van der Waals surface area contributed by atoms with Crippen LogP contribution in [0.25, 0.3) is 0 Å². The van der Waals surface area contributed by atoms with Gasteiger partial charge in [0.15, 0.2) is 0 Å². The van der Waals surface area contributed by atoms with Crippen molar-refractivity contribution in [3.63, 3.8) is 0 Å². The Morgan fingerprint density at radius 3 is 2.05 bits per heavy atom. The molecule has 6 heteroatoms. The maximum atomic E-state index is 12.5. The molecule has 1 heterocycles. The van der Waals surface area contributed by atoms with Crippen molar-refractivity contribution in [2.45, 2.75) is 144 Å². The minimum atomic E-state index is -0.518. The van der Waals surface area contributed by atoms with Gasteiger partial charge in [-0.3, -0.25) is 9.59 Å². The second-order valence-corrected chi connectivity index (χ2v) is 13.3. The maximum Gasteiger partial charge on any atom is 0.311 e. The number of rotatable bonds is 18. The van der Waals surface area contributed by atoms with Gasteiger partial charge in [-0.25, -0.2) is 0 Å². The Morgan fingerprint density at radius 2 is 1.44 bits per heavy atom. The zero-order valence-corrected chi connectivity index (χ0v) is 27.3. The van der Waals surface area contributed by atoms with Gasteiger partial charge >= 0.3 is 11.9 Å². The third-order valence-corrected chi connectivity index (χ3v) is 8.94. The van der Waals surface area contributed by atoms with E-state index < -0.39 is 11.9 Å². The Morgan fingerprint density at radius 1 is 0.854 bits per heavy atom. The highest BCUT2D eigenvalue weighted by atomic mass is 16.5. The Balaban J connectivity index is 1.86. The molecule has 1 aromatic rings. The fraction of sp³-hybridized carbons (Fsp3) is 0.771. The van der Waals surface area contributed by atoms with Crippen LogP contribution in [-0.4, -0.2) is 35.9 Å². The van der Waals surface area contributed by atoms with Crippen LogP contribution < -0.4 is 9.47 Å². The van der Waals surface area contributed by atoms with E-state index >= 15 is 0 Å². The molecule has 0 saturated carbocycles. The third-order valence-electron chi connectivity index (χ3n) is 8.94. The first-order valence-electron chi connectivity index (χ1n) is 16.2. The molecule has 1 aliphatic rings. The van der Waals surface area contributed by atoms with E-state index in [4.69, 9.17) is 19.3 Å². The fourth-order valence-electron chi connectivity index (χ4n) is 6.01. The molecule has 0 bridgehead atoms. The Kier molecular flexibility index (Phi) is 14.7. The molecule has 3 atom stereocenters. The fourth-order valence-corrected chi connectivity index (χ4v) is 6.01. The van der Waals surface area contributed by atoms with Crippen LogP contribution in [0.3, 0.4) is 0 Å². The summed E-state index contributed by atoms with van der Waals surface area (Å²) in [5.74, 6) is 2.95. The van der Waals surface area contributed by atoms with Crippen LogP contribution in [0.15, 0.2) is 0 Å². The molecule has 0 unspecified atom stereocenters. The molecule has 234 valence electrons. The summed E-state index contributed by atoms with van der Waals surface area (Å²) in [6.45, 7) is 17.4. The number of fused-ring (bicyclic) bond motifs is 1. The molecule has 0 aliphatic carbocycles. The summed E-state index contributed by atoms with van der Waals surface area (Å²) >= 11 is 0. The quantitative estimate of drug-likeness (QED) is 0.140. The average Bonchev–Trinajstić information content (AvgIpc) is 2.91. The summed E-state index contributed by atoms with van der Waals surface area (Å²) in [6, 6.07) is 0. The Labute approximate surface area is 249 Å². The maximum absolute atomic E-state index is 12.5. The molecule has 41 heavy (non-hydrogen) atoms. The highest BCUT2D eigenvalue weighted by Crippen LogP contribution is 2.45. The smallest absolute Gasteiger partial charge is 0.311 e. The lowest BCUT2D eigenvalue weighted by Crippen LogP contribution is -2.37. The molecule has 1 aromatic carbocycles. The number of aliphatic hydroxyl groups is 1. The first-order chi connectivity index (χ1) is 19.4. The largest absolute Gasteiger partial charge is 0.487 e. The number of carbonyl (C=O) groups is 2. The number of ether oxygens (including phenoxy) is 3. The van der Waals surface area contributed by atoms with E-state index in [1.165, 1.54) is 51.4 Å². The van der Waals surface area contributed by atoms with Gasteiger partial charge in [-0.1, -0.05) is 72.6 Å². The molecular weight excluding hydrogens is 516 g/mol. The summed E-state index contributed by atoms with van der Waals surface area (Å²) in [5, 5.41) is 8.76. The van der Waals surface area contributed by atoms with E-state index in [9.17, 15) is 9.59 Å². The highest BCUT2D eigenvalue weighted by Gasteiger charge is 2.34. The van der Waals surface area contributed by atoms with Crippen LogP contribution in [0.4, 0.5) is 0 Å². The number of benzene rings is 1. The van der Waals surface area contributed by atoms with Gasteiger partial charge in [-0.05, 0) is 87.8 Å². The summed E-state index contributed by atoms with van der Waals surface area (Å²) in [5.41, 5.74) is 3.78. The van der Waals surface area contributed by atoms with Gasteiger partial charge in [0.05, 0.1) is 19.4 Å². The number of carbonyl (C=O) groups excluding carboxylic acids is 2. The van der Waals surface area contributed by atoms with Crippen molar-refractivity contribution >= 4 is 11.9 Å². The van der Waals surface area contributed by atoms with Crippen molar-refractivity contribution in [1.29, 1.82) is 0 Å². The van der Waals surface area contributed by atoms with E-state index in [1.54, 1.807) is 0 Å². The normalized spacial score (nSPS) is 18.0. The topological polar surface area (TPSA) is 82.1 Å². The molecule has 0 amide bonds. The monoisotopic (exact) mass is 574 g/mol. The Bertz CT molecular complexity index is 984. The number of aliphatic hydroxyl groups excluding tert-OH is 1. The van der Waals surface area contributed by atoms with Crippen molar-refractivity contribution in [2.75, 3.05) is 13.2 Å². The van der Waals surface area contributed by atoms with Gasteiger partial charge in [-0.2, -0.15) is 0 Å². The van der Waals surface area contributed by atoms with E-state index in [2.05, 4.69) is 34.6 Å². The van der Waals surface area contributed by atoms with Gasteiger partial charge in [0.25, 0.3) is 0 Å². The van der Waals surface area contributed by atoms with E-state index in [0.717, 1.165) is 65.0 Å². The summed E-state index contributed by atoms with van der Waals surface area (Å²) in [4.78, 5) is 24.2. The highest BCUT2D eigenvalue weighted by molar-refractivity contribution is 5.80. The number of hydrogen-bond donors (Lipinski definition) is 1. The number of hydrogen-bond acceptors (Lipinski definition) is 6. The van der Waals surface area contributed by atoms with Crippen LogP contribution >= 0.6 is 0 Å². The van der Waals surface area contributed by atoms with Crippen LogP contribution in [0.2, 0.25) is 0 Å². The molecule has 0 aromatic heterocycles. The first kappa shape index (κ1) is 35.1. The van der Waals surface area contributed by atoms with Crippen LogP contribution in [-0.2, 0) is 20.7 Å². The first-order valence-corrected chi connectivity index (χ1v) is 16.2. The van der Waals surface area contributed by atoms with E-state index in [1.807, 2.05) is 20.8 Å². The lowest BCUT2D eigenvalue weighted by Gasteiger charge is -2.38. The molecule has 2 rings (SSSR count). The van der Waals surface area contributed by atoms with Crippen LogP contribution in [0.5, 0.6) is 11.5 Å². The van der Waals surface area contributed by atoms with E-state index in [-0.39, 0.29) is 31.7 Å². The molecular formula is C35H58O6. The third kappa shape index (κ3) is 11.6. The molecule has 0 radical (unpaired) electrons. The average molecular weight is 575 g/mol. The molecule has 1 N–H and O–H groups in total. The minimum Gasteiger partial charge on any atom is -0.487 e. The van der Waals surface area contributed by atoms with Gasteiger partial charge in [-0.15, -0.1) is 0 Å². The number of esters is 2. The van der Waals surface area contributed by atoms with Crippen molar-refractivity contribution in [1.82, 2.24) is 0 Å². The zero-order chi connectivity index (χ0) is 30.6. The van der Waals surface area contributed by atoms with Gasteiger partial charge in [0, 0.05) is 5.56 Å². The van der Waals surface area contributed by atoms with Gasteiger partial charge in [0.1, 0.15) is 23.7 Å². The van der Waals surface area contributed by atoms with Crippen LogP contribution in [0, 0.1) is 38.5 Å². The molecule has 0 saturated heterocycles. The SMILES string of the molecule is Cc1c(C)c2c(c(C)c1OC(=O)CCC(=O)OCCO)CC[C@@](C)(CCC[C@@H](C)CCC[C@@H](C)CCCC(C)C)O2.